The average Bonchev–Trinajstić information content (AvgIpc) is 2.62. The Bertz CT molecular complexity index is 420. The molecule has 2 atom stereocenters. The number of alkyl halides is 3. The van der Waals surface area contributed by atoms with Gasteiger partial charge in [-0.3, -0.25) is 0 Å². The van der Waals surface area contributed by atoms with Crippen LogP contribution in [-0.4, -0.2) is 18.9 Å². The fraction of sp³-hybridized carbons (Fsp3) is 0.455. The molecule has 0 amide bonds. The Morgan fingerprint density at radius 1 is 1.29 bits per heavy atom. The maximum Gasteiger partial charge on any atom is 0.414 e. The number of rotatable bonds is 1. The van der Waals surface area contributed by atoms with Crippen molar-refractivity contribution in [3.63, 3.8) is 0 Å². The maximum atomic E-state index is 13.5. The van der Waals surface area contributed by atoms with Gasteiger partial charge in [0, 0.05) is 12.0 Å². The number of halogens is 4. The van der Waals surface area contributed by atoms with Crippen LogP contribution in [-0.2, 0) is 10.3 Å². The molecular formula is C11H11F4NO. The van der Waals surface area contributed by atoms with Crippen LogP contribution in [0, 0.1) is 5.82 Å². The number of benzene rings is 1. The Balaban J connectivity index is 2.26. The maximum absolute atomic E-state index is 13.5. The third kappa shape index (κ3) is 2.28. The zero-order valence-electron chi connectivity index (χ0n) is 8.80. The summed E-state index contributed by atoms with van der Waals surface area (Å²) in [6.07, 6.45) is -6.85. The van der Waals surface area contributed by atoms with Crippen LogP contribution in [0.15, 0.2) is 24.3 Å². The van der Waals surface area contributed by atoms with Gasteiger partial charge in [0.25, 0.3) is 0 Å². The standard InChI is InChI=1S/C11H11F4NO/c12-8-4-2-1-3-7(8)10(16)5-9(17-6-10)11(13,14)15/h1-4,9H,5-6,16H2/t9?,10-/m1/s1. The van der Waals surface area contributed by atoms with E-state index in [9.17, 15) is 17.6 Å². The highest BCUT2D eigenvalue weighted by Crippen LogP contribution is 2.39. The van der Waals surface area contributed by atoms with Crippen molar-refractivity contribution in [1.29, 1.82) is 0 Å². The van der Waals surface area contributed by atoms with Gasteiger partial charge in [-0.25, -0.2) is 4.39 Å². The first-order valence-corrected chi connectivity index (χ1v) is 5.05. The van der Waals surface area contributed by atoms with Crippen molar-refractivity contribution < 1.29 is 22.3 Å². The van der Waals surface area contributed by atoms with E-state index in [-0.39, 0.29) is 12.2 Å². The molecule has 1 aromatic carbocycles. The topological polar surface area (TPSA) is 35.2 Å². The van der Waals surface area contributed by atoms with E-state index in [4.69, 9.17) is 5.73 Å². The molecule has 17 heavy (non-hydrogen) atoms. The molecule has 1 aliphatic heterocycles. The summed E-state index contributed by atoms with van der Waals surface area (Å²) >= 11 is 0. The third-order valence-electron chi connectivity index (χ3n) is 2.87. The van der Waals surface area contributed by atoms with Crippen molar-refractivity contribution in [3.05, 3.63) is 35.6 Å². The minimum Gasteiger partial charge on any atom is -0.366 e. The molecule has 1 unspecified atom stereocenters. The first kappa shape index (κ1) is 12.3. The molecule has 1 aliphatic rings. The summed E-state index contributed by atoms with van der Waals surface area (Å²) in [5, 5.41) is 0. The molecule has 2 nitrogen and oxygen atoms in total. The predicted octanol–water partition coefficient (Wildman–Crippen LogP) is 2.33. The smallest absolute Gasteiger partial charge is 0.366 e. The van der Waals surface area contributed by atoms with Crippen LogP contribution in [0.3, 0.4) is 0 Å². The van der Waals surface area contributed by atoms with E-state index >= 15 is 0 Å². The lowest BCUT2D eigenvalue weighted by atomic mass is 9.88. The van der Waals surface area contributed by atoms with Crippen LogP contribution < -0.4 is 5.73 Å². The van der Waals surface area contributed by atoms with Crippen molar-refractivity contribution >= 4 is 0 Å². The fourth-order valence-electron chi connectivity index (χ4n) is 1.96. The zero-order chi connectivity index (χ0) is 12.7. The normalized spacial score (nSPS) is 29.6. The lowest BCUT2D eigenvalue weighted by molar-refractivity contribution is -0.206. The molecule has 2 rings (SSSR count). The largest absolute Gasteiger partial charge is 0.414 e. The molecular weight excluding hydrogens is 238 g/mol. The highest BCUT2D eigenvalue weighted by molar-refractivity contribution is 5.27. The first-order chi connectivity index (χ1) is 7.83. The molecule has 1 fully saturated rings. The van der Waals surface area contributed by atoms with Gasteiger partial charge in [0.05, 0.1) is 12.1 Å². The lowest BCUT2D eigenvalue weighted by Gasteiger charge is -2.23. The SMILES string of the molecule is N[C@@]1(c2ccccc2F)COC(C(F)(F)F)C1. The van der Waals surface area contributed by atoms with Crippen LogP contribution in [0.5, 0.6) is 0 Å². The van der Waals surface area contributed by atoms with Gasteiger partial charge >= 0.3 is 6.18 Å². The van der Waals surface area contributed by atoms with Gasteiger partial charge < -0.3 is 10.5 Å². The quantitative estimate of drug-likeness (QED) is 0.775. The lowest BCUT2D eigenvalue weighted by Crippen LogP contribution is -2.39. The molecule has 1 heterocycles. The van der Waals surface area contributed by atoms with E-state index in [2.05, 4.69) is 4.74 Å². The van der Waals surface area contributed by atoms with Gasteiger partial charge in [0.1, 0.15) is 5.82 Å². The molecule has 6 heteroatoms. The molecule has 0 aromatic heterocycles. The number of hydrogen-bond donors (Lipinski definition) is 1. The van der Waals surface area contributed by atoms with Gasteiger partial charge in [-0.2, -0.15) is 13.2 Å². The van der Waals surface area contributed by atoms with Gasteiger partial charge in [-0.1, -0.05) is 18.2 Å². The minimum absolute atomic E-state index is 0.0618. The summed E-state index contributed by atoms with van der Waals surface area (Å²) in [7, 11) is 0. The highest BCUT2D eigenvalue weighted by atomic mass is 19.4. The van der Waals surface area contributed by atoms with Gasteiger partial charge in [-0.05, 0) is 6.07 Å². The van der Waals surface area contributed by atoms with Crippen molar-refractivity contribution in [2.45, 2.75) is 24.2 Å². The van der Waals surface area contributed by atoms with E-state index in [1.165, 1.54) is 24.3 Å². The Morgan fingerprint density at radius 3 is 2.47 bits per heavy atom. The fourth-order valence-corrected chi connectivity index (χ4v) is 1.96. The van der Waals surface area contributed by atoms with Crippen molar-refractivity contribution in [2.75, 3.05) is 6.61 Å². The second-order valence-corrected chi connectivity index (χ2v) is 4.18. The average molecular weight is 249 g/mol. The van der Waals surface area contributed by atoms with Gasteiger partial charge in [-0.15, -0.1) is 0 Å². The van der Waals surface area contributed by atoms with Crippen molar-refractivity contribution in [2.24, 2.45) is 5.73 Å². The molecule has 0 radical (unpaired) electrons. The summed E-state index contributed by atoms with van der Waals surface area (Å²) in [4.78, 5) is 0. The molecule has 2 N–H and O–H groups in total. The van der Waals surface area contributed by atoms with E-state index in [1.807, 2.05) is 0 Å². The second kappa shape index (κ2) is 3.96. The van der Waals surface area contributed by atoms with Crippen LogP contribution in [0.1, 0.15) is 12.0 Å². The van der Waals surface area contributed by atoms with Crippen molar-refractivity contribution in [1.82, 2.24) is 0 Å². The molecule has 94 valence electrons. The first-order valence-electron chi connectivity index (χ1n) is 5.05. The molecule has 0 aliphatic carbocycles. The third-order valence-corrected chi connectivity index (χ3v) is 2.87. The zero-order valence-corrected chi connectivity index (χ0v) is 8.80. The van der Waals surface area contributed by atoms with Crippen LogP contribution in [0.4, 0.5) is 17.6 Å². The minimum atomic E-state index is -4.47. The Hall–Kier alpha value is -1.14. The number of ether oxygens (including phenoxy) is 1. The van der Waals surface area contributed by atoms with Crippen LogP contribution >= 0.6 is 0 Å². The Kier molecular flexibility index (Phi) is 2.87. The molecule has 1 saturated heterocycles. The van der Waals surface area contributed by atoms with E-state index in [0.29, 0.717) is 0 Å². The van der Waals surface area contributed by atoms with E-state index in [0.717, 1.165) is 0 Å². The molecule has 0 bridgehead atoms. The monoisotopic (exact) mass is 249 g/mol. The number of nitrogens with two attached hydrogens (primary N) is 1. The summed E-state index contributed by atoms with van der Waals surface area (Å²) in [6.45, 7) is -0.335. The van der Waals surface area contributed by atoms with Crippen molar-refractivity contribution in [3.8, 4) is 0 Å². The van der Waals surface area contributed by atoms with Gasteiger partial charge in [0.15, 0.2) is 6.10 Å². The van der Waals surface area contributed by atoms with Gasteiger partial charge in [0.2, 0.25) is 0 Å². The van der Waals surface area contributed by atoms with E-state index in [1.54, 1.807) is 0 Å². The Labute approximate surface area is 95.4 Å². The summed E-state index contributed by atoms with van der Waals surface area (Å²) in [5.41, 5.74) is 4.45. The number of hydrogen-bond acceptors (Lipinski definition) is 2. The summed E-state index contributed by atoms with van der Waals surface area (Å²) < 4.78 is 55.5. The summed E-state index contributed by atoms with van der Waals surface area (Å²) in [6, 6.07) is 5.55. The Morgan fingerprint density at radius 2 is 1.94 bits per heavy atom. The summed E-state index contributed by atoms with van der Waals surface area (Å²) in [5.74, 6) is -0.610. The predicted molar refractivity (Wildman–Crippen MR) is 52.7 cm³/mol. The highest BCUT2D eigenvalue weighted by Gasteiger charge is 2.51. The molecule has 0 saturated carbocycles. The molecule has 1 aromatic rings. The molecule has 0 spiro atoms. The van der Waals surface area contributed by atoms with Crippen LogP contribution in [0.25, 0.3) is 0 Å². The second-order valence-electron chi connectivity index (χ2n) is 4.18. The van der Waals surface area contributed by atoms with Crippen LogP contribution in [0.2, 0.25) is 0 Å². The van der Waals surface area contributed by atoms with E-state index < -0.39 is 30.1 Å².